The Balaban J connectivity index is 2.91. The monoisotopic (exact) mass is 209 g/mol. The SMILES string of the molecule is NCc1nc2c(Cl)cccc2c(=O)[nH]1. The molecule has 0 saturated heterocycles. The van der Waals surface area contributed by atoms with Crippen molar-refractivity contribution in [1.82, 2.24) is 9.97 Å². The van der Waals surface area contributed by atoms with Crippen LogP contribution >= 0.6 is 11.6 Å². The van der Waals surface area contributed by atoms with Gasteiger partial charge in [-0.1, -0.05) is 17.7 Å². The zero-order valence-corrected chi connectivity index (χ0v) is 8.01. The number of fused-ring (bicyclic) bond motifs is 1. The molecule has 0 atom stereocenters. The molecule has 0 aliphatic rings. The Morgan fingerprint density at radius 2 is 2.29 bits per heavy atom. The molecular formula is C9H8ClN3O. The first-order valence-corrected chi connectivity index (χ1v) is 4.47. The highest BCUT2D eigenvalue weighted by molar-refractivity contribution is 6.34. The number of aromatic amines is 1. The van der Waals surface area contributed by atoms with Crippen molar-refractivity contribution in [3.63, 3.8) is 0 Å². The number of nitrogens with one attached hydrogen (secondary N) is 1. The Kier molecular flexibility index (Phi) is 2.23. The highest BCUT2D eigenvalue weighted by Gasteiger charge is 2.05. The number of rotatable bonds is 1. The van der Waals surface area contributed by atoms with E-state index in [1.54, 1.807) is 18.2 Å². The van der Waals surface area contributed by atoms with Crippen molar-refractivity contribution < 1.29 is 0 Å². The molecule has 1 heterocycles. The molecule has 0 aliphatic carbocycles. The minimum Gasteiger partial charge on any atom is -0.324 e. The summed E-state index contributed by atoms with van der Waals surface area (Å²) in [5, 5.41) is 0.943. The summed E-state index contributed by atoms with van der Waals surface area (Å²) in [5.41, 5.74) is 5.67. The van der Waals surface area contributed by atoms with Crippen LogP contribution in [0.25, 0.3) is 10.9 Å². The van der Waals surface area contributed by atoms with Gasteiger partial charge >= 0.3 is 0 Å². The molecule has 0 saturated carbocycles. The van der Waals surface area contributed by atoms with Gasteiger partial charge in [-0.3, -0.25) is 4.79 Å². The van der Waals surface area contributed by atoms with Crippen LogP contribution in [0.3, 0.4) is 0 Å². The second kappa shape index (κ2) is 3.40. The number of para-hydroxylation sites is 1. The van der Waals surface area contributed by atoms with Crippen molar-refractivity contribution in [2.75, 3.05) is 0 Å². The zero-order chi connectivity index (χ0) is 10.1. The van der Waals surface area contributed by atoms with Gasteiger partial charge in [0.2, 0.25) is 0 Å². The van der Waals surface area contributed by atoms with E-state index >= 15 is 0 Å². The third kappa shape index (κ3) is 1.38. The fourth-order valence-electron chi connectivity index (χ4n) is 1.27. The molecule has 1 aromatic carbocycles. The molecule has 0 amide bonds. The smallest absolute Gasteiger partial charge is 0.258 e. The maximum Gasteiger partial charge on any atom is 0.258 e. The minimum absolute atomic E-state index is 0.191. The van der Waals surface area contributed by atoms with Crippen molar-refractivity contribution >= 4 is 22.5 Å². The van der Waals surface area contributed by atoms with Crippen LogP contribution in [0.5, 0.6) is 0 Å². The first-order valence-electron chi connectivity index (χ1n) is 4.10. The molecule has 0 bridgehead atoms. The lowest BCUT2D eigenvalue weighted by Crippen LogP contribution is -2.14. The second-order valence-corrected chi connectivity index (χ2v) is 3.26. The third-order valence-electron chi connectivity index (χ3n) is 1.93. The third-order valence-corrected chi connectivity index (χ3v) is 2.23. The standard InChI is InChI=1S/C9H8ClN3O/c10-6-3-1-2-5-8(6)12-7(4-11)13-9(5)14/h1-3H,4,11H2,(H,12,13,14). The Hall–Kier alpha value is -1.39. The van der Waals surface area contributed by atoms with Gasteiger partial charge < -0.3 is 10.7 Å². The largest absolute Gasteiger partial charge is 0.324 e. The molecule has 2 rings (SSSR count). The first kappa shape index (κ1) is 9.18. The number of hydrogen-bond acceptors (Lipinski definition) is 3. The van der Waals surface area contributed by atoms with Crippen LogP contribution in [0.15, 0.2) is 23.0 Å². The van der Waals surface area contributed by atoms with Crippen molar-refractivity contribution in [1.29, 1.82) is 0 Å². The van der Waals surface area contributed by atoms with Gasteiger partial charge in [-0.15, -0.1) is 0 Å². The average Bonchev–Trinajstić information content (AvgIpc) is 2.19. The maximum atomic E-state index is 11.5. The number of nitrogens with two attached hydrogens (primary N) is 1. The van der Waals surface area contributed by atoms with Crippen molar-refractivity contribution in [2.45, 2.75) is 6.54 Å². The second-order valence-electron chi connectivity index (χ2n) is 2.85. The summed E-state index contributed by atoms with van der Waals surface area (Å²) < 4.78 is 0. The summed E-state index contributed by atoms with van der Waals surface area (Å²) in [4.78, 5) is 18.2. The number of H-pyrrole nitrogens is 1. The minimum atomic E-state index is -0.210. The molecule has 0 radical (unpaired) electrons. The van der Waals surface area contributed by atoms with Crippen LogP contribution in [0.1, 0.15) is 5.82 Å². The number of hydrogen-bond donors (Lipinski definition) is 2. The van der Waals surface area contributed by atoms with Crippen molar-refractivity contribution in [3.8, 4) is 0 Å². The lowest BCUT2D eigenvalue weighted by atomic mass is 10.2. The van der Waals surface area contributed by atoms with E-state index in [2.05, 4.69) is 9.97 Å². The molecule has 0 unspecified atom stereocenters. The lowest BCUT2D eigenvalue weighted by Gasteiger charge is -2.01. The van der Waals surface area contributed by atoms with Gasteiger partial charge in [0, 0.05) is 0 Å². The van der Waals surface area contributed by atoms with E-state index in [9.17, 15) is 4.79 Å². The number of aromatic nitrogens is 2. The van der Waals surface area contributed by atoms with Gasteiger partial charge in [-0.2, -0.15) is 0 Å². The maximum absolute atomic E-state index is 11.5. The van der Waals surface area contributed by atoms with Gasteiger partial charge in [-0.05, 0) is 12.1 Å². The molecule has 1 aromatic heterocycles. The summed E-state index contributed by atoms with van der Waals surface area (Å²) in [6.07, 6.45) is 0. The van der Waals surface area contributed by atoms with E-state index < -0.39 is 0 Å². The highest BCUT2D eigenvalue weighted by atomic mass is 35.5. The zero-order valence-electron chi connectivity index (χ0n) is 7.25. The van der Waals surface area contributed by atoms with E-state index in [-0.39, 0.29) is 12.1 Å². The summed E-state index contributed by atoms with van der Waals surface area (Å²) >= 11 is 5.90. The molecule has 5 heteroatoms. The molecule has 0 aliphatic heterocycles. The van der Waals surface area contributed by atoms with Crippen LogP contribution in [0.4, 0.5) is 0 Å². The van der Waals surface area contributed by atoms with Crippen LogP contribution in [-0.2, 0) is 6.54 Å². The van der Waals surface area contributed by atoms with Crippen molar-refractivity contribution in [3.05, 3.63) is 39.4 Å². The molecule has 0 spiro atoms. The molecular weight excluding hydrogens is 202 g/mol. The summed E-state index contributed by atoms with van der Waals surface area (Å²) in [6, 6.07) is 5.08. The van der Waals surface area contributed by atoms with E-state index in [4.69, 9.17) is 17.3 Å². The van der Waals surface area contributed by atoms with Crippen LogP contribution in [-0.4, -0.2) is 9.97 Å². The summed E-state index contributed by atoms with van der Waals surface area (Å²) in [5.74, 6) is 0.440. The Morgan fingerprint density at radius 3 is 3.00 bits per heavy atom. The molecule has 2 aromatic rings. The van der Waals surface area contributed by atoms with E-state index in [0.717, 1.165) is 0 Å². The van der Waals surface area contributed by atoms with E-state index in [1.165, 1.54) is 0 Å². The molecule has 72 valence electrons. The fourth-order valence-corrected chi connectivity index (χ4v) is 1.49. The average molecular weight is 210 g/mol. The van der Waals surface area contributed by atoms with Crippen molar-refractivity contribution in [2.24, 2.45) is 5.73 Å². The van der Waals surface area contributed by atoms with Gasteiger partial charge in [0.05, 0.1) is 22.5 Å². The molecule has 14 heavy (non-hydrogen) atoms. The van der Waals surface area contributed by atoms with Gasteiger partial charge in [0.1, 0.15) is 5.82 Å². The van der Waals surface area contributed by atoms with Gasteiger partial charge in [-0.25, -0.2) is 4.98 Å². The predicted octanol–water partition coefficient (Wildman–Crippen LogP) is 1.04. The molecule has 4 nitrogen and oxygen atoms in total. The van der Waals surface area contributed by atoms with Gasteiger partial charge in [0.25, 0.3) is 5.56 Å². The molecule has 3 N–H and O–H groups in total. The Morgan fingerprint density at radius 1 is 1.50 bits per heavy atom. The van der Waals surface area contributed by atoms with Crippen LogP contribution < -0.4 is 11.3 Å². The normalized spacial score (nSPS) is 10.7. The lowest BCUT2D eigenvalue weighted by molar-refractivity contribution is 0.913. The first-order chi connectivity index (χ1) is 6.72. The van der Waals surface area contributed by atoms with Gasteiger partial charge in [0.15, 0.2) is 0 Å². The van der Waals surface area contributed by atoms with E-state index in [0.29, 0.717) is 21.7 Å². The number of benzene rings is 1. The van der Waals surface area contributed by atoms with Crippen LogP contribution in [0.2, 0.25) is 5.02 Å². The predicted molar refractivity (Wildman–Crippen MR) is 55.3 cm³/mol. The number of nitrogens with zero attached hydrogens (tertiary/aromatic N) is 1. The number of halogens is 1. The quantitative estimate of drug-likeness (QED) is 0.737. The van der Waals surface area contributed by atoms with E-state index in [1.807, 2.05) is 0 Å². The fraction of sp³-hybridized carbons (Fsp3) is 0.111. The Labute approximate surface area is 84.7 Å². The van der Waals surface area contributed by atoms with Crippen LogP contribution in [0, 0.1) is 0 Å². The summed E-state index contributed by atoms with van der Waals surface area (Å²) in [6.45, 7) is 0.191. The Bertz CT molecular complexity index is 535. The highest BCUT2D eigenvalue weighted by Crippen LogP contribution is 2.17. The topological polar surface area (TPSA) is 71.8 Å². The summed E-state index contributed by atoms with van der Waals surface area (Å²) in [7, 11) is 0. The molecule has 0 fully saturated rings.